The van der Waals surface area contributed by atoms with Crippen molar-refractivity contribution >= 4 is 38.1 Å². The van der Waals surface area contributed by atoms with Gasteiger partial charge in [-0.1, -0.05) is 18.2 Å². The molecule has 7 heteroatoms. The highest BCUT2D eigenvalue weighted by atomic mass is 32.2. The third-order valence-corrected chi connectivity index (χ3v) is 5.48. The number of para-hydroxylation sites is 1. The van der Waals surface area contributed by atoms with E-state index in [1.807, 2.05) is 30.3 Å². The number of sulfonamides is 1. The zero-order chi connectivity index (χ0) is 19.6. The van der Waals surface area contributed by atoms with Crippen LogP contribution in [0.3, 0.4) is 0 Å². The lowest BCUT2D eigenvalue weighted by Gasteiger charge is -2.10. The molecule has 1 heterocycles. The fourth-order valence-corrected chi connectivity index (χ4v) is 3.83. The molecule has 140 valence electrons. The topological polar surface area (TPSA) is 88.4 Å². The summed E-state index contributed by atoms with van der Waals surface area (Å²) < 4.78 is 32.9. The molecule has 6 nitrogen and oxygen atoms in total. The molecule has 0 spiro atoms. The number of rotatable bonds is 5. The summed E-state index contributed by atoms with van der Waals surface area (Å²) in [6.07, 6.45) is 0. The molecule has 0 aliphatic heterocycles. The zero-order valence-electron chi connectivity index (χ0n) is 14.6. The molecule has 0 aliphatic carbocycles. The minimum absolute atomic E-state index is 0.0836. The molecule has 0 unspecified atom stereocenters. The molecule has 1 aromatic heterocycles. The maximum absolute atomic E-state index is 12.7. The van der Waals surface area contributed by atoms with Gasteiger partial charge in [-0.25, -0.2) is 13.2 Å². The van der Waals surface area contributed by atoms with Gasteiger partial charge in [0.25, 0.3) is 10.0 Å². The lowest BCUT2D eigenvalue weighted by molar-refractivity contribution is 0.560. The molecule has 0 saturated heterocycles. The molecule has 3 aromatic carbocycles. The molecular weight excluding hydrogens is 376 g/mol. The maximum Gasteiger partial charge on any atom is 0.336 e. The van der Waals surface area contributed by atoms with Gasteiger partial charge in [0.2, 0.25) is 0 Å². The minimum atomic E-state index is -3.78. The van der Waals surface area contributed by atoms with Crippen LogP contribution in [0.4, 0.5) is 17.1 Å². The summed E-state index contributed by atoms with van der Waals surface area (Å²) in [5.41, 5.74) is 2.08. The molecule has 0 aliphatic rings. The van der Waals surface area contributed by atoms with Crippen LogP contribution in [-0.4, -0.2) is 8.42 Å². The number of benzene rings is 3. The van der Waals surface area contributed by atoms with Crippen molar-refractivity contribution in [2.45, 2.75) is 4.90 Å². The Labute approximate surface area is 161 Å². The van der Waals surface area contributed by atoms with E-state index in [1.54, 1.807) is 24.3 Å². The Kier molecular flexibility index (Phi) is 4.58. The Morgan fingerprint density at radius 1 is 0.714 bits per heavy atom. The van der Waals surface area contributed by atoms with Gasteiger partial charge in [0.05, 0.1) is 4.90 Å². The molecule has 28 heavy (non-hydrogen) atoms. The van der Waals surface area contributed by atoms with Gasteiger partial charge < -0.3 is 9.73 Å². The summed E-state index contributed by atoms with van der Waals surface area (Å²) in [4.78, 5) is 11.3. The van der Waals surface area contributed by atoms with Crippen molar-refractivity contribution in [2.75, 3.05) is 10.0 Å². The number of anilines is 3. The normalized spacial score (nSPS) is 11.3. The lowest BCUT2D eigenvalue weighted by atomic mass is 10.2. The summed E-state index contributed by atoms with van der Waals surface area (Å²) in [6.45, 7) is 0. The number of nitrogens with one attached hydrogen (secondary N) is 2. The Morgan fingerprint density at radius 2 is 1.39 bits per heavy atom. The SMILES string of the molecule is O=c1ccc2cc(S(=O)(=O)Nc3ccc(Nc4ccccc4)cc3)ccc2o1. The first kappa shape index (κ1) is 17.8. The van der Waals surface area contributed by atoms with Crippen LogP contribution in [0.1, 0.15) is 0 Å². The van der Waals surface area contributed by atoms with Gasteiger partial charge in [0, 0.05) is 28.5 Å². The van der Waals surface area contributed by atoms with Crippen LogP contribution in [0.2, 0.25) is 0 Å². The summed E-state index contributed by atoms with van der Waals surface area (Å²) in [6, 6.07) is 23.8. The van der Waals surface area contributed by atoms with Crippen molar-refractivity contribution in [3.8, 4) is 0 Å². The highest BCUT2D eigenvalue weighted by Gasteiger charge is 2.15. The molecular formula is C21H16N2O4S. The monoisotopic (exact) mass is 392 g/mol. The van der Waals surface area contributed by atoms with Crippen LogP contribution in [0.15, 0.2) is 99.0 Å². The van der Waals surface area contributed by atoms with Crippen molar-refractivity contribution in [1.82, 2.24) is 0 Å². The smallest absolute Gasteiger partial charge is 0.336 e. The largest absolute Gasteiger partial charge is 0.423 e. The van der Waals surface area contributed by atoms with Crippen LogP contribution < -0.4 is 15.7 Å². The lowest BCUT2D eigenvalue weighted by Crippen LogP contribution is -2.13. The van der Waals surface area contributed by atoms with Gasteiger partial charge >= 0.3 is 5.63 Å². The fraction of sp³-hybridized carbons (Fsp3) is 0. The third-order valence-electron chi connectivity index (χ3n) is 4.10. The first-order valence-corrected chi connectivity index (χ1v) is 9.97. The second-order valence-electron chi connectivity index (χ2n) is 6.13. The fourth-order valence-electron chi connectivity index (χ4n) is 2.74. The minimum Gasteiger partial charge on any atom is -0.423 e. The Bertz CT molecular complexity index is 1280. The second kappa shape index (κ2) is 7.21. The van der Waals surface area contributed by atoms with Crippen molar-refractivity contribution in [3.63, 3.8) is 0 Å². The summed E-state index contributed by atoms with van der Waals surface area (Å²) in [5, 5.41) is 3.77. The first-order chi connectivity index (χ1) is 13.5. The van der Waals surface area contributed by atoms with E-state index in [9.17, 15) is 13.2 Å². The molecule has 0 atom stereocenters. The molecule has 0 radical (unpaired) electrons. The van der Waals surface area contributed by atoms with E-state index in [2.05, 4.69) is 10.0 Å². The molecule has 2 N–H and O–H groups in total. The predicted molar refractivity (Wildman–Crippen MR) is 109 cm³/mol. The number of fused-ring (bicyclic) bond motifs is 1. The zero-order valence-corrected chi connectivity index (χ0v) is 15.4. The highest BCUT2D eigenvalue weighted by Crippen LogP contribution is 2.23. The van der Waals surface area contributed by atoms with E-state index < -0.39 is 15.6 Å². The third kappa shape index (κ3) is 3.89. The van der Waals surface area contributed by atoms with E-state index in [0.717, 1.165) is 11.4 Å². The van der Waals surface area contributed by atoms with Gasteiger partial charge in [-0.15, -0.1) is 0 Å². The Balaban J connectivity index is 1.54. The molecule has 4 aromatic rings. The van der Waals surface area contributed by atoms with Gasteiger partial charge in [-0.2, -0.15) is 0 Å². The predicted octanol–water partition coefficient (Wildman–Crippen LogP) is 4.34. The van der Waals surface area contributed by atoms with Crippen molar-refractivity contribution < 1.29 is 12.8 Å². The number of hydrogen-bond acceptors (Lipinski definition) is 5. The van der Waals surface area contributed by atoms with Gasteiger partial charge in [-0.05, 0) is 60.7 Å². The molecule has 0 amide bonds. The van der Waals surface area contributed by atoms with Gasteiger partial charge in [0.15, 0.2) is 0 Å². The van der Waals surface area contributed by atoms with Crippen molar-refractivity contribution in [1.29, 1.82) is 0 Å². The first-order valence-electron chi connectivity index (χ1n) is 8.48. The second-order valence-corrected chi connectivity index (χ2v) is 7.81. The maximum atomic E-state index is 12.7. The van der Waals surface area contributed by atoms with E-state index in [4.69, 9.17) is 4.42 Å². The van der Waals surface area contributed by atoms with Crippen LogP contribution in [-0.2, 0) is 10.0 Å². The molecule has 0 bridgehead atoms. The van der Waals surface area contributed by atoms with Gasteiger partial charge in [0.1, 0.15) is 5.58 Å². The summed E-state index contributed by atoms with van der Waals surface area (Å²) >= 11 is 0. The highest BCUT2D eigenvalue weighted by molar-refractivity contribution is 7.92. The van der Waals surface area contributed by atoms with Crippen LogP contribution in [0, 0.1) is 0 Å². The van der Waals surface area contributed by atoms with E-state index in [-0.39, 0.29) is 4.90 Å². The summed E-state index contributed by atoms with van der Waals surface area (Å²) in [5.74, 6) is 0. The van der Waals surface area contributed by atoms with Crippen LogP contribution >= 0.6 is 0 Å². The quantitative estimate of drug-likeness (QED) is 0.493. The van der Waals surface area contributed by atoms with E-state index >= 15 is 0 Å². The standard InChI is InChI=1S/C21H16N2O4S/c24-21-13-6-15-14-19(11-12-20(15)27-21)28(25,26)23-18-9-7-17(8-10-18)22-16-4-2-1-3-5-16/h1-14,22-23H. The van der Waals surface area contributed by atoms with Crippen LogP contribution in [0.5, 0.6) is 0 Å². The van der Waals surface area contributed by atoms with E-state index in [1.165, 1.54) is 30.3 Å². The average Bonchev–Trinajstić information content (AvgIpc) is 2.69. The number of hydrogen-bond donors (Lipinski definition) is 2. The molecule has 0 saturated carbocycles. The molecule has 0 fully saturated rings. The van der Waals surface area contributed by atoms with E-state index in [0.29, 0.717) is 16.7 Å². The summed E-state index contributed by atoms with van der Waals surface area (Å²) in [7, 11) is -3.78. The Hall–Kier alpha value is -3.58. The van der Waals surface area contributed by atoms with Crippen molar-refractivity contribution in [3.05, 3.63) is 95.3 Å². The Morgan fingerprint density at radius 3 is 2.14 bits per heavy atom. The van der Waals surface area contributed by atoms with Crippen LogP contribution in [0.25, 0.3) is 11.0 Å². The van der Waals surface area contributed by atoms with Crippen molar-refractivity contribution in [2.24, 2.45) is 0 Å². The van der Waals surface area contributed by atoms with Gasteiger partial charge in [-0.3, -0.25) is 4.72 Å². The molecule has 4 rings (SSSR count). The average molecular weight is 392 g/mol.